The van der Waals surface area contributed by atoms with E-state index >= 15 is 0 Å². The van der Waals surface area contributed by atoms with E-state index in [2.05, 4.69) is 32.2 Å². The third-order valence-electron chi connectivity index (χ3n) is 2.03. The van der Waals surface area contributed by atoms with E-state index in [9.17, 15) is 0 Å². The second-order valence-electron chi connectivity index (χ2n) is 2.78. The van der Waals surface area contributed by atoms with Gasteiger partial charge in [0.15, 0.2) is 5.69 Å². The molecule has 1 aromatic heterocycles. The molecular weight excluding hydrogens is 230 g/mol. The Morgan fingerprint density at radius 1 is 1.54 bits per heavy atom. The van der Waals surface area contributed by atoms with Crippen molar-refractivity contribution in [1.29, 1.82) is 5.26 Å². The van der Waals surface area contributed by atoms with Gasteiger partial charge in [-0.3, -0.25) is 5.10 Å². The van der Waals surface area contributed by atoms with E-state index < -0.39 is 0 Å². The van der Waals surface area contributed by atoms with Crippen LogP contribution in [0.1, 0.15) is 11.3 Å². The SMILES string of the molecule is Cc1c(Br)ccc2[nH]nc(C#N)c12. The number of nitrogens with zero attached hydrogens (tertiary/aromatic N) is 2. The maximum Gasteiger partial charge on any atom is 0.170 e. The maximum absolute atomic E-state index is 8.79. The summed E-state index contributed by atoms with van der Waals surface area (Å²) in [6.45, 7) is 1.96. The molecule has 0 aliphatic carbocycles. The Morgan fingerprint density at radius 3 is 3.00 bits per heavy atom. The first kappa shape index (κ1) is 8.27. The third kappa shape index (κ3) is 1.12. The van der Waals surface area contributed by atoms with Gasteiger partial charge in [0.05, 0.1) is 5.52 Å². The van der Waals surface area contributed by atoms with E-state index in [1.165, 1.54) is 0 Å². The Bertz CT molecular complexity index is 507. The molecule has 0 spiro atoms. The van der Waals surface area contributed by atoms with E-state index in [1.807, 2.05) is 19.1 Å². The first-order valence-electron chi connectivity index (χ1n) is 3.77. The second kappa shape index (κ2) is 2.86. The standard InChI is InChI=1S/C9H6BrN3/c1-5-6(10)2-3-7-9(5)8(4-11)13-12-7/h2-3H,1H3,(H,12,13). The van der Waals surface area contributed by atoms with Gasteiger partial charge in [-0.1, -0.05) is 15.9 Å². The molecule has 0 saturated carbocycles. The van der Waals surface area contributed by atoms with Gasteiger partial charge in [-0.25, -0.2) is 0 Å². The van der Waals surface area contributed by atoms with E-state index in [-0.39, 0.29) is 0 Å². The zero-order valence-corrected chi connectivity index (χ0v) is 8.51. The maximum atomic E-state index is 8.79. The number of halogens is 1. The van der Waals surface area contributed by atoms with Crippen molar-refractivity contribution in [3.05, 3.63) is 27.9 Å². The zero-order valence-electron chi connectivity index (χ0n) is 6.93. The number of fused-ring (bicyclic) bond motifs is 1. The Balaban J connectivity index is 2.95. The number of hydrogen-bond acceptors (Lipinski definition) is 2. The first-order chi connectivity index (χ1) is 6.24. The lowest BCUT2D eigenvalue weighted by atomic mass is 10.1. The number of hydrogen-bond donors (Lipinski definition) is 1. The summed E-state index contributed by atoms with van der Waals surface area (Å²) in [5.74, 6) is 0. The minimum absolute atomic E-state index is 0.453. The van der Waals surface area contributed by atoms with Crippen LogP contribution in [-0.2, 0) is 0 Å². The highest BCUT2D eigenvalue weighted by Crippen LogP contribution is 2.26. The number of nitriles is 1. The summed E-state index contributed by atoms with van der Waals surface area (Å²) >= 11 is 3.41. The molecule has 1 heterocycles. The summed E-state index contributed by atoms with van der Waals surface area (Å²) < 4.78 is 0.998. The molecule has 0 fully saturated rings. The molecule has 0 aliphatic rings. The lowest BCUT2D eigenvalue weighted by molar-refractivity contribution is 1.10. The van der Waals surface area contributed by atoms with Crippen molar-refractivity contribution in [3.8, 4) is 6.07 Å². The molecule has 13 heavy (non-hydrogen) atoms. The van der Waals surface area contributed by atoms with Crippen LogP contribution in [-0.4, -0.2) is 10.2 Å². The fourth-order valence-corrected chi connectivity index (χ4v) is 1.67. The summed E-state index contributed by atoms with van der Waals surface area (Å²) in [6.07, 6.45) is 0. The van der Waals surface area contributed by atoms with Crippen LogP contribution in [0.25, 0.3) is 10.9 Å². The van der Waals surface area contributed by atoms with E-state index in [0.717, 1.165) is 20.9 Å². The van der Waals surface area contributed by atoms with Gasteiger partial charge in [0, 0.05) is 9.86 Å². The molecule has 2 aromatic rings. The van der Waals surface area contributed by atoms with Gasteiger partial charge >= 0.3 is 0 Å². The van der Waals surface area contributed by atoms with E-state index in [1.54, 1.807) is 0 Å². The molecule has 0 bridgehead atoms. The van der Waals surface area contributed by atoms with E-state index in [0.29, 0.717) is 5.69 Å². The molecule has 0 amide bonds. The number of benzene rings is 1. The van der Waals surface area contributed by atoms with Crippen LogP contribution in [0.2, 0.25) is 0 Å². The van der Waals surface area contributed by atoms with Crippen LogP contribution in [0.3, 0.4) is 0 Å². The normalized spacial score (nSPS) is 10.2. The summed E-state index contributed by atoms with van der Waals surface area (Å²) in [6, 6.07) is 5.90. The molecular formula is C9H6BrN3. The number of H-pyrrole nitrogens is 1. The molecule has 64 valence electrons. The summed E-state index contributed by atoms with van der Waals surface area (Å²) in [5, 5.41) is 16.4. The Morgan fingerprint density at radius 2 is 2.31 bits per heavy atom. The van der Waals surface area contributed by atoms with Gasteiger partial charge in [-0.15, -0.1) is 0 Å². The smallest absolute Gasteiger partial charge is 0.170 e. The molecule has 2 rings (SSSR count). The van der Waals surface area contributed by atoms with Gasteiger partial charge in [-0.2, -0.15) is 10.4 Å². The molecule has 0 aliphatic heterocycles. The molecule has 0 saturated heterocycles. The monoisotopic (exact) mass is 235 g/mol. The Labute approximate surface area is 83.5 Å². The van der Waals surface area contributed by atoms with E-state index in [4.69, 9.17) is 5.26 Å². The fraction of sp³-hybridized carbons (Fsp3) is 0.111. The van der Waals surface area contributed by atoms with Crippen LogP contribution in [0.4, 0.5) is 0 Å². The van der Waals surface area contributed by atoms with Crippen LogP contribution >= 0.6 is 15.9 Å². The quantitative estimate of drug-likeness (QED) is 0.763. The fourth-order valence-electron chi connectivity index (χ4n) is 1.34. The lowest BCUT2D eigenvalue weighted by Gasteiger charge is -1.98. The lowest BCUT2D eigenvalue weighted by Crippen LogP contribution is -1.80. The number of rotatable bonds is 0. The summed E-state index contributed by atoms with van der Waals surface area (Å²) in [4.78, 5) is 0. The highest BCUT2D eigenvalue weighted by molar-refractivity contribution is 9.10. The number of aromatic nitrogens is 2. The summed E-state index contributed by atoms with van der Waals surface area (Å²) in [7, 11) is 0. The summed E-state index contributed by atoms with van der Waals surface area (Å²) in [5.41, 5.74) is 2.40. The Hall–Kier alpha value is -1.34. The molecule has 0 unspecified atom stereocenters. The predicted octanol–water partition coefficient (Wildman–Crippen LogP) is 2.51. The van der Waals surface area contributed by atoms with Crippen molar-refractivity contribution < 1.29 is 0 Å². The van der Waals surface area contributed by atoms with Gasteiger partial charge in [0.1, 0.15) is 6.07 Å². The number of aromatic amines is 1. The molecule has 0 radical (unpaired) electrons. The average Bonchev–Trinajstić information content (AvgIpc) is 2.55. The predicted molar refractivity (Wildman–Crippen MR) is 53.2 cm³/mol. The van der Waals surface area contributed by atoms with Gasteiger partial charge in [-0.05, 0) is 24.6 Å². The van der Waals surface area contributed by atoms with Crippen molar-refractivity contribution in [3.63, 3.8) is 0 Å². The first-order valence-corrected chi connectivity index (χ1v) is 4.56. The van der Waals surface area contributed by atoms with Crippen LogP contribution in [0.5, 0.6) is 0 Å². The highest BCUT2D eigenvalue weighted by atomic mass is 79.9. The number of aryl methyl sites for hydroxylation is 1. The van der Waals surface area contributed by atoms with Gasteiger partial charge < -0.3 is 0 Å². The molecule has 0 atom stereocenters. The molecule has 1 N–H and O–H groups in total. The van der Waals surface area contributed by atoms with Crippen LogP contribution in [0.15, 0.2) is 16.6 Å². The van der Waals surface area contributed by atoms with Crippen molar-refractivity contribution in [2.45, 2.75) is 6.92 Å². The van der Waals surface area contributed by atoms with Gasteiger partial charge in [0.25, 0.3) is 0 Å². The van der Waals surface area contributed by atoms with Crippen molar-refractivity contribution in [2.75, 3.05) is 0 Å². The Kier molecular flexibility index (Phi) is 1.82. The van der Waals surface area contributed by atoms with Crippen molar-refractivity contribution in [1.82, 2.24) is 10.2 Å². The zero-order chi connectivity index (χ0) is 9.42. The number of nitrogens with one attached hydrogen (secondary N) is 1. The largest absolute Gasteiger partial charge is 0.276 e. The molecule has 1 aromatic carbocycles. The molecule has 4 heteroatoms. The molecule has 3 nitrogen and oxygen atoms in total. The van der Waals surface area contributed by atoms with Crippen LogP contribution < -0.4 is 0 Å². The van der Waals surface area contributed by atoms with Gasteiger partial charge in [0.2, 0.25) is 0 Å². The minimum atomic E-state index is 0.453. The van der Waals surface area contributed by atoms with Crippen molar-refractivity contribution >= 4 is 26.8 Å². The van der Waals surface area contributed by atoms with Crippen LogP contribution in [0, 0.1) is 18.3 Å². The third-order valence-corrected chi connectivity index (χ3v) is 2.89. The topological polar surface area (TPSA) is 52.5 Å². The van der Waals surface area contributed by atoms with Crippen molar-refractivity contribution in [2.24, 2.45) is 0 Å². The second-order valence-corrected chi connectivity index (χ2v) is 3.63. The average molecular weight is 236 g/mol. The highest BCUT2D eigenvalue weighted by Gasteiger charge is 2.08. The minimum Gasteiger partial charge on any atom is -0.276 e.